The number of amides is 2. The Labute approximate surface area is 157 Å². The van der Waals surface area contributed by atoms with Gasteiger partial charge in [0.2, 0.25) is 5.91 Å². The van der Waals surface area contributed by atoms with Gasteiger partial charge in [-0.05, 0) is 48.7 Å². The normalized spacial score (nSPS) is 10.4. The summed E-state index contributed by atoms with van der Waals surface area (Å²) in [6.07, 6.45) is 1.94. The highest BCUT2D eigenvalue weighted by Gasteiger charge is 2.13. The van der Waals surface area contributed by atoms with Crippen LogP contribution in [-0.4, -0.2) is 30.8 Å². The number of anilines is 1. The standard InChI is InChI=1S/C19H20Cl2N2O2/c1-23(2)19(25)16-11-10-15(12-17(16)21)22-18(24)5-3-4-13-6-8-14(20)9-7-13/h6-12H,3-5H2,1-2H3,(H,22,24). The second-order valence-corrected chi connectivity index (χ2v) is 6.77. The molecule has 0 aliphatic carbocycles. The highest BCUT2D eigenvalue weighted by Crippen LogP contribution is 2.22. The molecule has 0 fully saturated rings. The van der Waals surface area contributed by atoms with E-state index in [2.05, 4.69) is 5.32 Å². The lowest BCUT2D eigenvalue weighted by Crippen LogP contribution is -2.22. The zero-order valence-electron chi connectivity index (χ0n) is 14.2. The number of benzene rings is 2. The molecule has 0 aromatic heterocycles. The monoisotopic (exact) mass is 378 g/mol. The molecule has 0 aliphatic heterocycles. The SMILES string of the molecule is CN(C)C(=O)c1ccc(NC(=O)CCCc2ccc(Cl)cc2)cc1Cl. The minimum atomic E-state index is -0.175. The number of halogens is 2. The van der Waals surface area contributed by atoms with Crippen LogP contribution in [0.25, 0.3) is 0 Å². The molecule has 0 saturated heterocycles. The molecule has 4 nitrogen and oxygen atoms in total. The van der Waals surface area contributed by atoms with E-state index < -0.39 is 0 Å². The van der Waals surface area contributed by atoms with Crippen LogP contribution in [0, 0.1) is 0 Å². The predicted molar refractivity (Wildman–Crippen MR) is 102 cm³/mol. The number of nitrogens with one attached hydrogen (secondary N) is 1. The largest absolute Gasteiger partial charge is 0.345 e. The van der Waals surface area contributed by atoms with E-state index in [9.17, 15) is 9.59 Å². The van der Waals surface area contributed by atoms with Gasteiger partial charge in [-0.25, -0.2) is 0 Å². The summed E-state index contributed by atoms with van der Waals surface area (Å²) < 4.78 is 0. The van der Waals surface area contributed by atoms with Crippen LogP contribution in [-0.2, 0) is 11.2 Å². The molecule has 0 atom stereocenters. The Kier molecular flexibility index (Phi) is 6.85. The summed E-state index contributed by atoms with van der Waals surface area (Å²) in [6.45, 7) is 0. The van der Waals surface area contributed by atoms with Gasteiger partial charge in [0.15, 0.2) is 0 Å². The highest BCUT2D eigenvalue weighted by molar-refractivity contribution is 6.34. The van der Waals surface area contributed by atoms with Gasteiger partial charge in [0.1, 0.15) is 0 Å². The lowest BCUT2D eigenvalue weighted by Gasteiger charge is -2.12. The fourth-order valence-corrected chi connectivity index (χ4v) is 2.72. The van der Waals surface area contributed by atoms with E-state index in [4.69, 9.17) is 23.2 Å². The number of rotatable bonds is 6. The van der Waals surface area contributed by atoms with Gasteiger partial charge >= 0.3 is 0 Å². The van der Waals surface area contributed by atoms with Crippen LogP contribution in [0.2, 0.25) is 10.0 Å². The summed E-state index contributed by atoms with van der Waals surface area (Å²) in [5.41, 5.74) is 2.14. The van der Waals surface area contributed by atoms with Gasteiger partial charge in [0.05, 0.1) is 10.6 Å². The Balaban J connectivity index is 1.87. The maximum atomic E-state index is 12.0. The van der Waals surface area contributed by atoms with Crippen LogP contribution in [0.5, 0.6) is 0 Å². The zero-order valence-corrected chi connectivity index (χ0v) is 15.7. The van der Waals surface area contributed by atoms with E-state index in [1.165, 1.54) is 4.90 Å². The molecule has 0 radical (unpaired) electrons. The minimum absolute atomic E-state index is 0.0864. The van der Waals surface area contributed by atoms with Crippen molar-refractivity contribution >= 4 is 40.7 Å². The third kappa shape index (κ3) is 5.76. The van der Waals surface area contributed by atoms with E-state index in [0.29, 0.717) is 27.7 Å². The molecule has 25 heavy (non-hydrogen) atoms. The Bertz CT molecular complexity index is 759. The van der Waals surface area contributed by atoms with Gasteiger partial charge in [-0.1, -0.05) is 35.3 Å². The predicted octanol–water partition coefficient (Wildman–Crippen LogP) is 4.66. The van der Waals surface area contributed by atoms with Gasteiger partial charge < -0.3 is 10.2 Å². The molecule has 0 heterocycles. The zero-order chi connectivity index (χ0) is 18.4. The van der Waals surface area contributed by atoms with Crippen LogP contribution < -0.4 is 5.32 Å². The van der Waals surface area contributed by atoms with Crippen LogP contribution in [0.3, 0.4) is 0 Å². The summed E-state index contributed by atoms with van der Waals surface area (Å²) in [7, 11) is 3.32. The van der Waals surface area contributed by atoms with E-state index >= 15 is 0 Å². The van der Waals surface area contributed by atoms with Crippen LogP contribution >= 0.6 is 23.2 Å². The molecule has 132 valence electrons. The Morgan fingerprint density at radius 2 is 1.72 bits per heavy atom. The molecule has 0 unspecified atom stereocenters. The first-order valence-electron chi connectivity index (χ1n) is 7.92. The van der Waals surface area contributed by atoms with Crippen molar-refractivity contribution in [3.63, 3.8) is 0 Å². The second kappa shape index (κ2) is 8.88. The van der Waals surface area contributed by atoms with Gasteiger partial charge in [-0.2, -0.15) is 0 Å². The van der Waals surface area contributed by atoms with Crippen molar-refractivity contribution in [1.29, 1.82) is 0 Å². The van der Waals surface area contributed by atoms with Gasteiger partial charge in [0, 0.05) is 31.2 Å². The number of aryl methyl sites for hydroxylation is 1. The maximum Gasteiger partial charge on any atom is 0.254 e. The van der Waals surface area contributed by atoms with Crippen molar-refractivity contribution in [3.05, 3.63) is 63.6 Å². The van der Waals surface area contributed by atoms with Crippen molar-refractivity contribution in [3.8, 4) is 0 Å². The molecule has 1 N–H and O–H groups in total. The third-order valence-corrected chi connectivity index (χ3v) is 4.24. The average molecular weight is 379 g/mol. The molecule has 2 amide bonds. The topological polar surface area (TPSA) is 49.4 Å². The Morgan fingerprint density at radius 1 is 1.04 bits per heavy atom. The second-order valence-electron chi connectivity index (χ2n) is 5.92. The van der Waals surface area contributed by atoms with Crippen LogP contribution in [0.15, 0.2) is 42.5 Å². The molecule has 0 bridgehead atoms. The summed E-state index contributed by atoms with van der Waals surface area (Å²) in [5, 5.41) is 3.82. The molecule has 2 aromatic carbocycles. The molecular formula is C19H20Cl2N2O2. The lowest BCUT2D eigenvalue weighted by molar-refractivity contribution is -0.116. The molecule has 0 saturated carbocycles. The quantitative estimate of drug-likeness (QED) is 0.794. The lowest BCUT2D eigenvalue weighted by atomic mass is 10.1. The van der Waals surface area contributed by atoms with Crippen LogP contribution in [0.1, 0.15) is 28.8 Å². The molecule has 6 heteroatoms. The number of nitrogens with zero attached hydrogens (tertiary/aromatic N) is 1. The molecule has 2 rings (SSSR count). The van der Waals surface area contributed by atoms with Gasteiger partial charge in [-0.15, -0.1) is 0 Å². The molecule has 2 aromatic rings. The van der Waals surface area contributed by atoms with Crippen molar-refractivity contribution < 1.29 is 9.59 Å². The fraction of sp³-hybridized carbons (Fsp3) is 0.263. The summed E-state index contributed by atoms with van der Waals surface area (Å²) in [4.78, 5) is 25.4. The van der Waals surface area contributed by atoms with E-state index in [1.807, 2.05) is 24.3 Å². The van der Waals surface area contributed by atoms with Crippen molar-refractivity contribution in [2.45, 2.75) is 19.3 Å². The first kappa shape index (κ1) is 19.3. The van der Waals surface area contributed by atoms with Crippen molar-refractivity contribution in [2.75, 3.05) is 19.4 Å². The summed E-state index contributed by atoms with van der Waals surface area (Å²) >= 11 is 12.0. The fourth-order valence-electron chi connectivity index (χ4n) is 2.33. The molecule has 0 spiro atoms. The summed E-state index contributed by atoms with van der Waals surface area (Å²) in [6, 6.07) is 12.5. The summed E-state index contributed by atoms with van der Waals surface area (Å²) in [5.74, 6) is -0.262. The number of hydrogen-bond donors (Lipinski definition) is 1. The number of carbonyl (C=O) groups excluding carboxylic acids is 2. The average Bonchev–Trinajstić information content (AvgIpc) is 2.56. The molecule has 0 aliphatic rings. The smallest absolute Gasteiger partial charge is 0.254 e. The maximum absolute atomic E-state index is 12.0. The third-order valence-electron chi connectivity index (χ3n) is 3.67. The van der Waals surface area contributed by atoms with E-state index in [0.717, 1.165) is 18.4 Å². The van der Waals surface area contributed by atoms with Crippen molar-refractivity contribution in [1.82, 2.24) is 4.90 Å². The van der Waals surface area contributed by atoms with E-state index in [1.54, 1.807) is 32.3 Å². The first-order chi connectivity index (χ1) is 11.9. The Hall–Kier alpha value is -2.04. The van der Waals surface area contributed by atoms with Gasteiger partial charge in [0.25, 0.3) is 5.91 Å². The highest BCUT2D eigenvalue weighted by atomic mass is 35.5. The van der Waals surface area contributed by atoms with Gasteiger partial charge in [-0.3, -0.25) is 9.59 Å². The number of hydrogen-bond acceptors (Lipinski definition) is 2. The van der Waals surface area contributed by atoms with Crippen LogP contribution in [0.4, 0.5) is 5.69 Å². The Morgan fingerprint density at radius 3 is 2.32 bits per heavy atom. The first-order valence-corrected chi connectivity index (χ1v) is 8.68. The minimum Gasteiger partial charge on any atom is -0.345 e. The van der Waals surface area contributed by atoms with E-state index in [-0.39, 0.29) is 11.8 Å². The number of carbonyl (C=O) groups is 2. The van der Waals surface area contributed by atoms with Crippen molar-refractivity contribution in [2.24, 2.45) is 0 Å². The molecular weight excluding hydrogens is 359 g/mol.